The Morgan fingerprint density at radius 1 is 1.28 bits per heavy atom. The van der Waals surface area contributed by atoms with E-state index >= 15 is 0 Å². The number of carbonyl (C=O) groups is 1. The van der Waals surface area contributed by atoms with Crippen LogP contribution in [0, 0.1) is 0 Å². The van der Waals surface area contributed by atoms with Gasteiger partial charge in [0, 0.05) is 36.9 Å². The maximum atomic E-state index is 12.3. The number of nitrogens with zero attached hydrogens (tertiary/aromatic N) is 3. The van der Waals surface area contributed by atoms with Gasteiger partial charge in [-0.1, -0.05) is 6.07 Å². The molecule has 0 saturated carbocycles. The van der Waals surface area contributed by atoms with Crippen molar-refractivity contribution in [2.24, 2.45) is 0 Å². The van der Waals surface area contributed by atoms with Crippen LogP contribution in [0.5, 0.6) is 0 Å². The number of thiophene rings is 1. The van der Waals surface area contributed by atoms with E-state index < -0.39 is 0 Å². The molecule has 0 aliphatic rings. The van der Waals surface area contributed by atoms with Gasteiger partial charge < -0.3 is 9.73 Å². The highest BCUT2D eigenvalue weighted by Gasteiger charge is 2.13. The number of rotatable bonds is 10. The standard InChI is InChI=1S/C18H22N4O2S/c23-18(19-7-3-9-22-10-4-8-20-22)15-21(13-16-5-1-11-24-16)14-17-6-2-12-25-17/h1-2,4-6,8,10-12H,3,7,9,13-15H2,(H,19,23). The monoisotopic (exact) mass is 358 g/mol. The summed E-state index contributed by atoms with van der Waals surface area (Å²) in [6, 6.07) is 9.81. The van der Waals surface area contributed by atoms with E-state index in [9.17, 15) is 4.79 Å². The number of carbonyl (C=O) groups excluding carboxylic acids is 1. The maximum absolute atomic E-state index is 12.3. The van der Waals surface area contributed by atoms with Gasteiger partial charge in [-0.05, 0) is 36.1 Å². The fourth-order valence-electron chi connectivity index (χ4n) is 2.57. The van der Waals surface area contributed by atoms with Crippen LogP contribution in [-0.4, -0.2) is 33.7 Å². The highest BCUT2D eigenvalue weighted by Crippen LogP contribution is 2.14. The van der Waals surface area contributed by atoms with Gasteiger partial charge in [0.05, 0.1) is 19.4 Å². The van der Waals surface area contributed by atoms with Crippen LogP contribution >= 0.6 is 11.3 Å². The summed E-state index contributed by atoms with van der Waals surface area (Å²) in [4.78, 5) is 15.6. The number of hydrogen-bond acceptors (Lipinski definition) is 5. The first-order valence-corrected chi connectivity index (χ1v) is 9.19. The summed E-state index contributed by atoms with van der Waals surface area (Å²) >= 11 is 1.70. The molecule has 3 rings (SSSR count). The minimum absolute atomic E-state index is 0.0311. The van der Waals surface area contributed by atoms with Crippen molar-refractivity contribution in [3.63, 3.8) is 0 Å². The largest absolute Gasteiger partial charge is 0.468 e. The van der Waals surface area contributed by atoms with Crippen LogP contribution in [0.4, 0.5) is 0 Å². The molecule has 7 heteroatoms. The number of nitrogens with one attached hydrogen (secondary N) is 1. The van der Waals surface area contributed by atoms with E-state index in [0.717, 1.165) is 25.3 Å². The van der Waals surface area contributed by atoms with Crippen LogP contribution in [0.1, 0.15) is 17.1 Å². The Balaban J connectivity index is 1.45. The van der Waals surface area contributed by atoms with Gasteiger partial charge in [-0.15, -0.1) is 11.3 Å². The highest BCUT2D eigenvalue weighted by atomic mass is 32.1. The summed E-state index contributed by atoms with van der Waals surface area (Å²) in [5.74, 6) is 0.895. The highest BCUT2D eigenvalue weighted by molar-refractivity contribution is 7.09. The molecule has 0 atom stereocenters. The quantitative estimate of drug-likeness (QED) is 0.566. The van der Waals surface area contributed by atoms with Gasteiger partial charge in [0.2, 0.25) is 5.91 Å². The predicted molar refractivity (Wildman–Crippen MR) is 97.0 cm³/mol. The average molecular weight is 358 g/mol. The van der Waals surface area contributed by atoms with Gasteiger partial charge >= 0.3 is 0 Å². The second-order valence-electron chi connectivity index (χ2n) is 5.78. The minimum Gasteiger partial charge on any atom is -0.468 e. The third kappa shape index (κ3) is 5.88. The Labute approximate surface area is 151 Å². The molecule has 132 valence electrons. The molecule has 6 nitrogen and oxygen atoms in total. The summed E-state index contributed by atoms with van der Waals surface area (Å²) in [7, 11) is 0. The molecule has 3 aromatic heterocycles. The molecule has 3 aromatic rings. The second-order valence-corrected chi connectivity index (χ2v) is 6.81. The molecular formula is C18H22N4O2S. The lowest BCUT2D eigenvalue weighted by atomic mass is 10.3. The normalized spacial score (nSPS) is 11.1. The molecule has 1 N–H and O–H groups in total. The van der Waals surface area contributed by atoms with Gasteiger partial charge in [-0.25, -0.2) is 0 Å². The summed E-state index contributed by atoms with van der Waals surface area (Å²) in [6.45, 7) is 3.15. The number of hydrogen-bond donors (Lipinski definition) is 1. The lowest BCUT2D eigenvalue weighted by Crippen LogP contribution is -2.37. The second kappa shape index (κ2) is 9.19. The van der Waals surface area contributed by atoms with Crippen molar-refractivity contribution in [3.05, 3.63) is 65.0 Å². The molecule has 0 aliphatic heterocycles. The van der Waals surface area contributed by atoms with E-state index in [1.54, 1.807) is 23.8 Å². The van der Waals surface area contributed by atoms with Crippen LogP contribution in [-0.2, 0) is 24.4 Å². The summed E-state index contributed by atoms with van der Waals surface area (Å²) in [6.07, 6.45) is 6.20. The fraction of sp³-hybridized carbons (Fsp3) is 0.333. The molecule has 0 saturated heterocycles. The molecule has 25 heavy (non-hydrogen) atoms. The molecule has 0 aliphatic carbocycles. The van der Waals surface area contributed by atoms with Crippen molar-refractivity contribution in [2.45, 2.75) is 26.1 Å². The molecule has 0 spiro atoms. The summed E-state index contributed by atoms with van der Waals surface area (Å²) in [5, 5.41) is 9.19. The average Bonchev–Trinajstić information content (AvgIpc) is 3.35. The van der Waals surface area contributed by atoms with Gasteiger partial charge in [0.25, 0.3) is 0 Å². The van der Waals surface area contributed by atoms with Crippen LogP contribution in [0.25, 0.3) is 0 Å². The summed E-state index contributed by atoms with van der Waals surface area (Å²) < 4.78 is 7.29. The Morgan fingerprint density at radius 3 is 2.96 bits per heavy atom. The first kappa shape index (κ1) is 17.4. The zero-order chi connectivity index (χ0) is 17.3. The lowest BCUT2D eigenvalue weighted by molar-refractivity contribution is -0.122. The third-order valence-corrected chi connectivity index (χ3v) is 4.59. The molecule has 3 heterocycles. The Morgan fingerprint density at radius 2 is 2.24 bits per heavy atom. The predicted octanol–water partition coefficient (Wildman–Crippen LogP) is 2.75. The number of aryl methyl sites for hydroxylation is 1. The zero-order valence-corrected chi connectivity index (χ0v) is 14.8. The molecule has 1 amide bonds. The first-order valence-electron chi connectivity index (χ1n) is 8.31. The van der Waals surface area contributed by atoms with Gasteiger partial charge in [0.1, 0.15) is 5.76 Å². The van der Waals surface area contributed by atoms with E-state index in [1.807, 2.05) is 35.1 Å². The van der Waals surface area contributed by atoms with Crippen LogP contribution < -0.4 is 5.32 Å². The topological polar surface area (TPSA) is 63.3 Å². The van der Waals surface area contributed by atoms with E-state index in [4.69, 9.17) is 4.42 Å². The van der Waals surface area contributed by atoms with Crippen molar-refractivity contribution < 1.29 is 9.21 Å². The van der Waals surface area contributed by atoms with E-state index in [1.165, 1.54) is 4.88 Å². The van der Waals surface area contributed by atoms with E-state index in [0.29, 0.717) is 19.6 Å². The summed E-state index contributed by atoms with van der Waals surface area (Å²) in [5.41, 5.74) is 0. The Bertz CT molecular complexity index is 687. The molecule has 0 radical (unpaired) electrons. The van der Waals surface area contributed by atoms with Crippen molar-refractivity contribution in [1.29, 1.82) is 0 Å². The van der Waals surface area contributed by atoms with Crippen molar-refractivity contribution in [1.82, 2.24) is 20.0 Å². The number of furan rings is 1. The first-order chi connectivity index (χ1) is 12.3. The smallest absolute Gasteiger partial charge is 0.234 e. The maximum Gasteiger partial charge on any atom is 0.234 e. The van der Waals surface area contributed by atoms with Crippen LogP contribution in [0.15, 0.2) is 58.8 Å². The van der Waals surface area contributed by atoms with Gasteiger partial charge in [-0.3, -0.25) is 14.4 Å². The molecule has 0 fully saturated rings. The van der Waals surface area contributed by atoms with E-state index in [2.05, 4.69) is 26.8 Å². The Kier molecular flexibility index (Phi) is 6.42. The lowest BCUT2D eigenvalue weighted by Gasteiger charge is -2.20. The van der Waals surface area contributed by atoms with Crippen LogP contribution in [0.3, 0.4) is 0 Å². The molecule has 0 bridgehead atoms. The number of aromatic nitrogens is 2. The van der Waals surface area contributed by atoms with Gasteiger partial charge in [-0.2, -0.15) is 5.10 Å². The third-order valence-electron chi connectivity index (χ3n) is 3.73. The van der Waals surface area contributed by atoms with Crippen molar-refractivity contribution >= 4 is 17.2 Å². The van der Waals surface area contributed by atoms with Gasteiger partial charge in [0.15, 0.2) is 0 Å². The molecule has 0 unspecified atom stereocenters. The van der Waals surface area contributed by atoms with E-state index in [-0.39, 0.29) is 5.91 Å². The van der Waals surface area contributed by atoms with Crippen molar-refractivity contribution in [2.75, 3.05) is 13.1 Å². The minimum atomic E-state index is 0.0311. The Hall–Kier alpha value is -2.38. The SMILES string of the molecule is O=C(CN(Cc1ccco1)Cc1cccs1)NCCCn1cccn1. The fourth-order valence-corrected chi connectivity index (χ4v) is 3.32. The number of amides is 1. The molecule has 0 aromatic carbocycles. The molecular weight excluding hydrogens is 336 g/mol. The van der Waals surface area contributed by atoms with Crippen LogP contribution in [0.2, 0.25) is 0 Å². The van der Waals surface area contributed by atoms with Crippen molar-refractivity contribution in [3.8, 4) is 0 Å². The zero-order valence-electron chi connectivity index (χ0n) is 14.0.